The van der Waals surface area contributed by atoms with E-state index in [4.69, 9.17) is 18.7 Å². The van der Waals surface area contributed by atoms with Crippen molar-refractivity contribution < 1.29 is 27.2 Å². The summed E-state index contributed by atoms with van der Waals surface area (Å²) in [6.07, 6.45) is 3.44. The number of nitrogens with zero attached hydrogens (tertiary/aromatic N) is 2. The maximum absolute atomic E-state index is 13.1. The van der Waals surface area contributed by atoms with Crippen LogP contribution in [-0.4, -0.2) is 45.1 Å². The molecule has 4 rings (SSSR count). The second-order valence-corrected chi connectivity index (χ2v) is 8.19. The summed E-state index contributed by atoms with van der Waals surface area (Å²) in [4.78, 5) is -0.144. The summed E-state index contributed by atoms with van der Waals surface area (Å²) in [7, 11) is 0.191. The zero-order valence-corrected chi connectivity index (χ0v) is 18.3. The molecule has 11 heteroatoms. The molecule has 0 aliphatic carbocycles. The maximum Gasteiger partial charge on any atom is 0.270 e. The molecule has 10 nitrogen and oxygen atoms in total. The van der Waals surface area contributed by atoms with Gasteiger partial charge in [-0.3, -0.25) is 9.82 Å². The van der Waals surface area contributed by atoms with Crippen molar-refractivity contribution in [2.75, 3.05) is 26.1 Å². The molecule has 4 aromatic rings. The lowest BCUT2D eigenvalue weighted by molar-refractivity contribution is 0.373. The van der Waals surface area contributed by atoms with Crippen LogP contribution in [0.25, 0.3) is 22.5 Å². The number of methoxy groups -OCH3 is 3. The van der Waals surface area contributed by atoms with E-state index in [1.807, 2.05) is 12.1 Å². The Bertz CT molecular complexity index is 1310. The highest BCUT2D eigenvalue weighted by Gasteiger charge is 2.26. The second-order valence-electron chi connectivity index (χ2n) is 6.58. The summed E-state index contributed by atoms with van der Waals surface area (Å²) in [5.74, 6) is 1.11. The minimum absolute atomic E-state index is 0.0104. The Morgan fingerprint density at radius 1 is 0.938 bits per heavy atom. The standard InChI is InChI=1S/C21H20N4O6S/c1-28-16-8-7-13(14-11-22-23-12-14)9-15(16)19-10-20(24-31-19)25-32(26,27)21-17(29-2)5-4-6-18(21)30-3/h4-12H,1-3H3,(H,22,23)(H,24,25). The Kier molecular flexibility index (Phi) is 5.73. The number of hydrogen-bond acceptors (Lipinski definition) is 8. The van der Waals surface area contributed by atoms with Crippen LogP contribution in [0.3, 0.4) is 0 Å². The molecule has 2 N–H and O–H groups in total. The van der Waals surface area contributed by atoms with Gasteiger partial charge in [0.2, 0.25) is 0 Å². The normalized spacial score (nSPS) is 11.2. The number of nitrogens with one attached hydrogen (secondary N) is 2. The molecule has 0 aliphatic heterocycles. The first kappa shape index (κ1) is 21.2. The molecule has 32 heavy (non-hydrogen) atoms. The van der Waals surface area contributed by atoms with Gasteiger partial charge in [0.05, 0.1) is 33.1 Å². The number of aromatic amines is 1. The molecule has 2 heterocycles. The first-order chi connectivity index (χ1) is 15.5. The van der Waals surface area contributed by atoms with E-state index in [0.717, 1.165) is 11.1 Å². The number of H-pyrrole nitrogens is 1. The topological polar surface area (TPSA) is 129 Å². The fourth-order valence-corrected chi connectivity index (χ4v) is 4.52. The minimum atomic E-state index is -4.09. The van der Waals surface area contributed by atoms with Crippen LogP contribution < -0.4 is 18.9 Å². The highest BCUT2D eigenvalue weighted by atomic mass is 32.2. The molecule has 0 fully saturated rings. The highest BCUT2D eigenvalue weighted by Crippen LogP contribution is 2.37. The fraction of sp³-hybridized carbons (Fsp3) is 0.143. The van der Waals surface area contributed by atoms with Crippen LogP contribution in [0.4, 0.5) is 5.82 Å². The van der Waals surface area contributed by atoms with Crippen molar-refractivity contribution in [3.8, 4) is 39.7 Å². The van der Waals surface area contributed by atoms with Gasteiger partial charge >= 0.3 is 0 Å². The third-order valence-corrected chi connectivity index (χ3v) is 6.11. The first-order valence-corrected chi connectivity index (χ1v) is 10.8. The van der Waals surface area contributed by atoms with E-state index in [0.29, 0.717) is 17.1 Å². The number of hydrogen-bond donors (Lipinski definition) is 2. The van der Waals surface area contributed by atoms with Crippen LogP contribution >= 0.6 is 0 Å². The summed E-state index contributed by atoms with van der Waals surface area (Å²) in [6, 6.07) is 11.6. The van der Waals surface area contributed by atoms with E-state index >= 15 is 0 Å². The van der Waals surface area contributed by atoms with Gasteiger partial charge in [0.25, 0.3) is 10.0 Å². The van der Waals surface area contributed by atoms with Gasteiger partial charge in [-0.2, -0.15) is 5.10 Å². The molecule has 0 bridgehead atoms. The summed E-state index contributed by atoms with van der Waals surface area (Å²) in [6.45, 7) is 0. The lowest BCUT2D eigenvalue weighted by atomic mass is 10.0. The van der Waals surface area contributed by atoms with Gasteiger partial charge < -0.3 is 18.7 Å². The summed E-state index contributed by atoms with van der Waals surface area (Å²) in [5, 5.41) is 10.6. The van der Waals surface area contributed by atoms with E-state index < -0.39 is 10.0 Å². The monoisotopic (exact) mass is 456 g/mol. The fourth-order valence-electron chi connectivity index (χ4n) is 3.21. The minimum Gasteiger partial charge on any atom is -0.496 e. The van der Waals surface area contributed by atoms with Gasteiger partial charge in [0, 0.05) is 17.8 Å². The maximum atomic E-state index is 13.1. The van der Waals surface area contributed by atoms with Crippen LogP contribution in [0.5, 0.6) is 17.2 Å². The Hall–Kier alpha value is -3.99. The van der Waals surface area contributed by atoms with Crippen molar-refractivity contribution in [1.82, 2.24) is 15.4 Å². The van der Waals surface area contributed by atoms with Crippen LogP contribution in [-0.2, 0) is 10.0 Å². The zero-order chi connectivity index (χ0) is 22.7. The molecule has 2 aromatic heterocycles. The third kappa shape index (κ3) is 3.97. The van der Waals surface area contributed by atoms with E-state index in [9.17, 15) is 8.42 Å². The molecule has 0 saturated carbocycles. The predicted molar refractivity (Wildman–Crippen MR) is 116 cm³/mol. The summed E-state index contributed by atoms with van der Waals surface area (Å²) < 4.78 is 49.8. The SMILES string of the molecule is COc1ccc(-c2cn[nH]c2)cc1-c1cc(NS(=O)(=O)c2c(OC)cccc2OC)no1. The molecule has 0 aliphatic rings. The first-order valence-electron chi connectivity index (χ1n) is 9.35. The summed E-state index contributed by atoms with van der Waals surface area (Å²) >= 11 is 0. The van der Waals surface area contributed by atoms with E-state index in [2.05, 4.69) is 20.1 Å². The molecule has 166 valence electrons. The second kappa shape index (κ2) is 8.63. The largest absolute Gasteiger partial charge is 0.496 e. The Balaban J connectivity index is 1.69. The summed E-state index contributed by atoms with van der Waals surface area (Å²) in [5.41, 5.74) is 2.34. The van der Waals surface area contributed by atoms with Crippen molar-refractivity contribution in [1.29, 1.82) is 0 Å². The van der Waals surface area contributed by atoms with E-state index in [1.165, 1.54) is 39.5 Å². The molecule has 0 atom stereocenters. The average Bonchev–Trinajstić information content (AvgIpc) is 3.50. The molecule has 0 saturated heterocycles. The number of sulfonamides is 1. The van der Waals surface area contributed by atoms with Gasteiger partial charge in [0.1, 0.15) is 17.2 Å². The number of anilines is 1. The Morgan fingerprint density at radius 3 is 2.28 bits per heavy atom. The number of benzene rings is 2. The lowest BCUT2D eigenvalue weighted by Crippen LogP contribution is -2.15. The van der Waals surface area contributed by atoms with Crippen LogP contribution in [0.2, 0.25) is 0 Å². The number of ether oxygens (including phenoxy) is 3. The van der Waals surface area contributed by atoms with Gasteiger partial charge in [-0.05, 0) is 29.8 Å². The molecule has 2 aromatic carbocycles. The molecular formula is C21H20N4O6S. The van der Waals surface area contributed by atoms with E-state index in [-0.39, 0.29) is 22.2 Å². The van der Waals surface area contributed by atoms with Gasteiger partial charge in [0.15, 0.2) is 16.5 Å². The molecular weight excluding hydrogens is 436 g/mol. The van der Waals surface area contributed by atoms with Crippen molar-refractivity contribution >= 4 is 15.8 Å². The van der Waals surface area contributed by atoms with Crippen LogP contribution in [0.1, 0.15) is 0 Å². The van der Waals surface area contributed by atoms with Crippen molar-refractivity contribution in [3.63, 3.8) is 0 Å². The quantitative estimate of drug-likeness (QED) is 0.412. The van der Waals surface area contributed by atoms with Gasteiger partial charge in [-0.15, -0.1) is 0 Å². The number of rotatable bonds is 8. The average molecular weight is 456 g/mol. The molecule has 0 spiro atoms. The van der Waals surface area contributed by atoms with E-state index in [1.54, 1.807) is 24.5 Å². The van der Waals surface area contributed by atoms with Gasteiger partial charge in [-0.1, -0.05) is 17.3 Å². The Labute approximate surface area is 184 Å². The van der Waals surface area contributed by atoms with Crippen LogP contribution in [0, 0.1) is 0 Å². The van der Waals surface area contributed by atoms with Crippen molar-refractivity contribution in [3.05, 3.63) is 54.9 Å². The molecule has 0 amide bonds. The van der Waals surface area contributed by atoms with Crippen molar-refractivity contribution in [2.24, 2.45) is 0 Å². The molecule has 0 radical (unpaired) electrons. The zero-order valence-electron chi connectivity index (χ0n) is 17.4. The van der Waals surface area contributed by atoms with Crippen LogP contribution in [0.15, 0.2) is 64.3 Å². The predicted octanol–water partition coefficient (Wildman–Crippen LogP) is 3.56. The smallest absolute Gasteiger partial charge is 0.270 e. The molecule has 0 unspecified atom stereocenters. The Morgan fingerprint density at radius 2 is 1.66 bits per heavy atom. The number of aromatic nitrogens is 3. The third-order valence-electron chi connectivity index (χ3n) is 4.70. The lowest BCUT2D eigenvalue weighted by Gasteiger charge is -2.13. The van der Waals surface area contributed by atoms with Crippen molar-refractivity contribution in [2.45, 2.75) is 4.90 Å². The van der Waals surface area contributed by atoms with Gasteiger partial charge in [-0.25, -0.2) is 8.42 Å². The highest BCUT2D eigenvalue weighted by molar-refractivity contribution is 7.93.